The molecule has 2 nitrogen and oxygen atoms in total. The van der Waals surface area contributed by atoms with Crippen molar-refractivity contribution in [2.24, 2.45) is 17.6 Å². The van der Waals surface area contributed by atoms with Crippen LogP contribution in [0.3, 0.4) is 0 Å². The Bertz CT molecular complexity index is 444. The van der Waals surface area contributed by atoms with Crippen LogP contribution >= 0.6 is 0 Å². The van der Waals surface area contributed by atoms with Gasteiger partial charge in [-0.1, -0.05) is 43.2 Å². The second-order valence-electron chi connectivity index (χ2n) is 6.84. The predicted octanol–water partition coefficient (Wildman–Crippen LogP) is 3.51. The van der Waals surface area contributed by atoms with Crippen LogP contribution < -0.4 is 5.73 Å². The molecule has 0 amide bonds. The zero-order valence-corrected chi connectivity index (χ0v) is 12.9. The predicted molar refractivity (Wildman–Crippen MR) is 84.6 cm³/mol. The summed E-state index contributed by atoms with van der Waals surface area (Å²) in [5, 5.41) is 0. The quantitative estimate of drug-likeness (QED) is 0.909. The number of hydrogen-bond donors (Lipinski definition) is 1. The molecule has 0 radical (unpaired) electrons. The fraction of sp³-hybridized carbons (Fsp3) is 0.667. The number of rotatable bonds is 4. The number of nitrogens with two attached hydrogens (primary N) is 1. The first-order chi connectivity index (χ1) is 9.69. The van der Waals surface area contributed by atoms with Crippen molar-refractivity contribution in [1.29, 1.82) is 0 Å². The lowest BCUT2D eigenvalue weighted by Gasteiger charge is -2.33. The van der Waals surface area contributed by atoms with Gasteiger partial charge in [0.1, 0.15) is 0 Å². The molecule has 1 aromatic rings. The fourth-order valence-electron chi connectivity index (χ4n) is 4.30. The maximum atomic E-state index is 6.49. The van der Waals surface area contributed by atoms with E-state index >= 15 is 0 Å². The topological polar surface area (TPSA) is 29.3 Å². The van der Waals surface area contributed by atoms with Gasteiger partial charge in [0.05, 0.1) is 0 Å². The molecule has 110 valence electrons. The number of hydrogen-bond acceptors (Lipinski definition) is 2. The van der Waals surface area contributed by atoms with Crippen molar-refractivity contribution in [3.05, 3.63) is 35.4 Å². The van der Waals surface area contributed by atoms with Crippen LogP contribution in [0.1, 0.15) is 49.8 Å². The first-order valence-electron chi connectivity index (χ1n) is 8.25. The minimum atomic E-state index is 0.246. The Hall–Kier alpha value is -0.860. The molecule has 2 heteroatoms. The third kappa shape index (κ3) is 2.64. The van der Waals surface area contributed by atoms with Crippen LogP contribution in [-0.2, 0) is 0 Å². The minimum absolute atomic E-state index is 0.246. The van der Waals surface area contributed by atoms with Gasteiger partial charge in [0.25, 0.3) is 0 Å². The van der Waals surface area contributed by atoms with Crippen molar-refractivity contribution in [2.45, 2.75) is 51.6 Å². The summed E-state index contributed by atoms with van der Waals surface area (Å²) in [6, 6.07) is 9.60. The molecule has 0 spiro atoms. The molecule has 2 N–H and O–H groups in total. The molecule has 4 unspecified atom stereocenters. The summed E-state index contributed by atoms with van der Waals surface area (Å²) in [7, 11) is 0. The SMILES string of the molecule is CCC(N)C(c1cccc(C)c1)N1CC2CCCC2C1. The summed E-state index contributed by atoms with van der Waals surface area (Å²) in [6.45, 7) is 6.91. The van der Waals surface area contributed by atoms with Gasteiger partial charge in [-0.2, -0.15) is 0 Å². The van der Waals surface area contributed by atoms with E-state index in [-0.39, 0.29) is 6.04 Å². The Morgan fingerprint density at radius 1 is 1.25 bits per heavy atom. The Morgan fingerprint density at radius 3 is 2.55 bits per heavy atom. The van der Waals surface area contributed by atoms with Gasteiger partial charge in [0.15, 0.2) is 0 Å². The van der Waals surface area contributed by atoms with E-state index in [1.165, 1.54) is 43.5 Å². The zero-order chi connectivity index (χ0) is 14.1. The summed E-state index contributed by atoms with van der Waals surface area (Å²) in [5.74, 6) is 1.87. The molecule has 2 fully saturated rings. The van der Waals surface area contributed by atoms with E-state index in [0.717, 1.165) is 18.3 Å². The molecule has 4 atom stereocenters. The second kappa shape index (κ2) is 5.87. The van der Waals surface area contributed by atoms with Crippen molar-refractivity contribution < 1.29 is 0 Å². The van der Waals surface area contributed by atoms with Crippen molar-refractivity contribution in [3.63, 3.8) is 0 Å². The minimum Gasteiger partial charge on any atom is -0.326 e. The average molecular weight is 272 g/mol. The fourth-order valence-corrected chi connectivity index (χ4v) is 4.30. The lowest BCUT2D eigenvalue weighted by molar-refractivity contribution is 0.194. The molecule has 20 heavy (non-hydrogen) atoms. The van der Waals surface area contributed by atoms with Crippen LogP contribution in [0.5, 0.6) is 0 Å². The molecule has 1 aromatic carbocycles. The van der Waals surface area contributed by atoms with Gasteiger partial charge in [-0.05, 0) is 43.6 Å². The van der Waals surface area contributed by atoms with Crippen molar-refractivity contribution in [1.82, 2.24) is 4.90 Å². The van der Waals surface area contributed by atoms with E-state index in [9.17, 15) is 0 Å². The van der Waals surface area contributed by atoms with E-state index in [1.807, 2.05) is 0 Å². The van der Waals surface area contributed by atoms with E-state index in [2.05, 4.69) is 43.0 Å². The molecular formula is C18H28N2. The Kier molecular flexibility index (Phi) is 4.13. The van der Waals surface area contributed by atoms with Gasteiger partial charge in [0, 0.05) is 25.2 Å². The molecule has 1 saturated heterocycles. The van der Waals surface area contributed by atoms with Crippen LogP contribution in [0.15, 0.2) is 24.3 Å². The van der Waals surface area contributed by atoms with Crippen molar-refractivity contribution in [3.8, 4) is 0 Å². The van der Waals surface area contributed by atoms with E-state index < -0.39 is 0 Å². The van der Waals surface area contributed by atoms with Crippen molar-refractivity contribution in [2.75, 3.05) is 13.1 Å². The first-order valence-corrected chi connectivity index (χ1v) is 8.25. The second-order valence-corrected chi connectivity index (χ2v) is 6.84. The highest BCUT2D eigenvalue weighted by molar-refractivity contribution is 5.26. The van der Waals surface area contributed by atoms with Gasteiger partial charge >= 0.3 is 0 Å². The maximum Gasteiger partial charge on any atom is 0.0499 e. The van der Waals surface area contributed by atoms with Crippen molar-refractivity contribution >= 4 is 0 Å². The monoisotopic (exact) mass is 272 g/mol. The summed E-state index contributed by atoms with van der Waals surface area (Å²) >= 11 is 0. The summed E-state index contributed by atoms with van der Waals surface area (Å²) in [4.78, 5) is 2.68. The van der Waals surface area contributed by atoms with Crippen LogP contribution in [0.4, 0.5) is 0 Å². The number of nitrogens with zero attached hydrogens (tertiary/aromatic N) is 1. The molecule has 2 aliphatic rings. The molecule has 0 bridgehead atoms. The molecule has 1 aliphatic carbocycles. The van der Waals surface area contributed by atoms with Gasteiger partial charge in [0.2, 0.25) is 0 Å². The highest BCUT2D eigenvalue weighted by Gasteiger charge is 2.40. The highest BCUT2D eigenvalue weighted by atomic mass is 15.2. The van der Waals surface area contributed by atoms with Gasteiger partial charge in [-0.15, -0.1) is 0 Å². The zero-order valence-electron chi connectivity index (χ0n) is 12.9. The highest BCUT2D eigenvalue weighted by Crippen LogP contribution is 2.41. The summed E-state index contributed by atoms with van der Waals surface area (Å²) in [5.41, 5.74) is 9.25. The molecule has 1 saturated carbocycles. The summed E-state index contributed by atoms with van der Waals surface area (Å²) < 4.78 is 0. The van der Waals surface area contributed by atoms with E-state index in [0.29, 0.717) is 6.04 Å². The van der Waals surface area contributed by atoms with Gasteiger partial charge in [-0.3, -0.25) is 4.90 Å². The van der Waals surface area contributed by atoms with Gasteiger partial charge < -0.3 is 5.73 Å². The molecular weight excluding hydrogens is 244 g/mol. The Balaban J connectivity index is 1.83. The third-order valence-electron chi connectivity index (χ3n) is 5.41. The molecule has 0 aromatic heterocycles. The van der Waals surface area contributed by atoms with Crippen LogP contribution in [0.25, 0.3) is 0 Å². The number of fused-ring (bicyclic) bond motifs is 1. The van der Waals surface area contributed by atoms with Crippen LogP contribution in [0.2, 0.25) is 0 Å². The summed E-state index contributed by atoms with van der Waals surface area (Å²) in [6.07, 6.45) is 5.36. The number of likely N-dealkylation sites (tertiary alicyclic amines) is 1. The smallest absolute Gasteiger partial charge is 0.0499 e. The molecule has 1 aliphatic heterocycles. The largest absolute Gasteiger partial charge is 0.326 e. The Labute approximate surface area is 123 Å². The first kappa shape index (κ1) is 14.1. The Morgan fingerprint density at radius 2 is 1.95 bits per heavy atom. The normalized spacial score (nSPS) is 29.4. The van der Waals surface area contributed by atoms with E-state index in [4.69, 9.17) is 5.73 Å². The van der Waals surface area contributed by atoms with Gasteiger partial charge in [-0.25, -0.2) is 0 Å². The van der Waals surface area contributed by atoms with E-state index in [1.54, 1.807) is 0 Å². The lowest BCUT2D eigenvalue weighted by atomic mass is 9.95. The number of aryl methyl sites for hydroxylation is 1. The maximum absolute atomic E-state index is 6.49. The average Bonchev–Trinajstić information content (AvgIpc) is 3.00. The lowest BCUT2D eigenvalue weighted by Crippen LogP contribution is -2.40. The molecule has 3 rings (SSSR count). The third-order valence-corrected chi connectivity index (χ3v) is 5.41. The molecule has 1 heterocycles. The van der Waals surface area contributed by atoms with Crippen LogP contribution in [-0.4, -0.2) is 24.0 Å². The number of benzene rings is 1. The van der Waals surface area contributed by atoms with Crippen LogP contribution in [0, 0.1) is 18.8 Å². The standard InChI is InChI=1S/C18H28N2/c1-3-17(19)18(14-7-4-6-13(2)10-14)20-11-15-8-5-9-16(15)12-20/h4,6-7,10,15-18H,3,5,8-9,11-12,19H2,1-2H3.